The van der Waals surface area contributed by atoms with Gasteiger partial charge in [0.1, 0.15) is 11.5 Å². The summed E-state index contributed by atoms with van der Waals surface area (Å²) in [4.78, 5) is 16.5. The van der Waals surface area contributed by atoms with Crippen LogP contribution in [0.4, 0.5) is 0 Å². The summed E-state index contributed by atoms with van der Waals surface area (Å²) < 4.78 is 10.4. The Balaban J connectivity index is 2.51. The van der Waals surface area contributed by atoms with Crippen LogP contribution in [0.2, 0.25) is 0 Å². The molecule has 0 fully saturated rings. The van der Waals surface area contributed by atoms with Crippen LogP contribution in [0, 0.1) is 6.92 Å². The van der Waals surface area contributed by atoms with Gasteiger partial charge in [0.15, 0.2) is 5.78 Å². The molecule has 0 saturated carbocycles. The Bertz CT molecular complexity index is 608. The van der Waals surface area contributed by atoms with E-state index in [1.807, 2.05) is 6.92 Å². The van der Waals surface area contributed by atoms with Crippen LogP contribution in [0.3, 0.4) is 0 Å². The van der Waals surface area contributed by atoms with Gasteiger partial charge in [-0.25, -0.2) is 0 Å². The molecule has 0 spiro atoms. The van der Waals surface area contributed by atoms with Crippen LogP contribution in [-0.2, 0) is 0 Å². The molecule has 1 aromatic carbocycles. The Morgan fingerprint density at radius 1 is 1.11 bits per heavy atom. The second-order valence-electron chi connectivity index (χ2n) is 4.09. The Hall–Kier alpha value is -2.36. The third-order valence-electron chi connectivity index (χ3n) is 2.93. The predicted molar refractivity (Wildman–Crippen MR) is 72.0 cm³/mol. The maximum Gasteiger partial charge on any atom is 0.198 e. The van der Waals surface area contributed by atoms with E-state index < -0.39 is 0 Å². The van der Waals surface area contributed by atoms with Gasteiger partial charge in [-0.3, -0.25) is 9.78 Å². The number of aryl methyl sites for hydroxylation is 1. The van der Waals surface area contributed by atoms with Gasteiger partial charge in [0.05, 0.1) is 19.8 Å². The van der Waals surface area contributed by atoms with Crippen LogP contribution in [0.5, 0.6) is 11.5 Å². The highest BCUT2D eigenvalue weighted by Crippen LogP contribution is 2.26. The molecule has 19 heavy (non-hydrogen) atoms. The number of pyridine rings is 1. The molecule has 0 unspecified atom stereocenters. The minimum absolute atomic E-state index is 0.124. The molecule has 1 heterocycles. The summed E-state index contributed by atoms with van der Waals surface area (Å²) in [7, 11) is 3.10. The van der Waals surface area contributed by atoms with Crippen molar-refractivity contribution in [2.75, 3.05) is 14.2 Å². The molecule has 0 atom stereocenters. The lowest BCUT2D eigenvalue weighted by Crippen LogP contribution is -2.06. The first-order valence-corrected chi connectivity index (χ1v) is 5.84. The highest BCUT2D eigenvalue weighted by atomic mass is 16.5. The van der Waals surface area contributed by atoms with Gasteiger partial charge in [-0.1, -0.05) is 0 Å². The molecule has 0 saturated heterocycles. The van der Waals surface area contributed by atoms with E-state index in [1.54, 1.807) is 43.8 Å². The van der Waals surface area contributed by atoms with Crippen LogP contribution in [-0.4, -0.2) is 25.0 Å². The van der Waals surface area contributed by atoms with E-state index in [4.69, 9.17) is 9.47 Å². The number of rotatable bonds is 4. The lowest BCUT2D eigenvalue weighted by atomic mass is 10.0. The SMILES string of the molecule is COc1ccc(OC)c(C(=O)c2cnccc2C)c1. The second-order valence-corrected chi connectivity index (χ2v) is 4.09. The lowest BCUT2D eigenvalue weighted by Gasteiger charge is -2.10. The van der Waals surface area contributed by atoms with E-state index in [9.17, 15) is 4.79 Å². The molecule has 0 aliphatic heterocycles. The molecule has 0 aliphatic rings. The number of hydrogen-bond donors (Lipinski definition) is 0. The number of hydrogen-bond acceptors (Lipinski definition) is 4. The molecule has 0 amide bonds. The van der Waals surface area contributed by atoms with Crippen molar-refractivity contribution in [1.82, 2.24) is 4.98 Å². The molecule has 98 valence electrons. The van der Waals surface area contributed by atoms with E-state index in [-0.39, 0.29) is 5.78 Å². The van der Waals surface area contributed by atoms with Crippen molar-refractivity contribution in [3.63, 3.8) is 0 Å². The van der Waals surface area contributed by atoms with Crippen molar-refractivity contribution in [1.29, 1.82) is 0 Å². The van der Waals surface area contributed by atoms with Crippen LogP contribution in [0.1, 0.15) is 21.5 Å². The lowest BCUT2D eigenvalue weighted by molar-refractivity contribution is 0.103. The fraction of sp³-hybridized carbons (Fsp3) is 0.200. The zero-order valence-corrected chi connectivity index (χ0v) is 11.1. The van der Waals surface area contributed by atoms with E-state index in [1.165, 1.54) is 7.11 Å². The van der Waals surface area contributed by atoms with E-state index in [0.29, 0.717) is 22.6 Å². The van der Waals surface area contributed by atoms with Crippen LogP contribution in [0.25, 0.3) is 0 Å². The van der Waals surface area contributed by atoms with E-state index in [2.05, 4.69) is 4.98 Å². The molecule has 2 rings (SSSR count). The van der Waals surface area contributed by atoms with Crippen LogP contribution >= 0.6 is 0 Å². The molecule has 0 bridgehead atoms. The molecular weight excluding hydrogens is 242 g/mol. The molecule has 2 aromatic rings. The number of aromatic nitrogens is 1. The molecule has 0 N–H and O–H groups in total. The fourth-order valence-corrected chi connectivity index (χ4v) is 1.84. The van der Waals surface area contributed by atoms with Gasteiger partial charge in [-0.2, -0.15) is 0 Å². The summed E-state index contributed by atoms with van der Waals surface area (Å²) in [5, 5.41) is 0. The van der Waals surface area contributed by atoms with Gasteiger partial charge in [0, 0.05) is 18.0 Å². The average Bonchev–Trinajstić information content (AvgIpc) is 2.46. The number of ketones is 1. The number of benzene rings is 1. The van der Waals surface area contributed by atoms with Gasteiger partial charge in [0.25, 0.3) is 0 Å². The predicted octanol–water partition coefficient (Wildman–Crippen LogP) is 2.64. The first kappa shape index (κ1) is 13.1. The first-order valence-electron chi connectivity index (χ1n) is 5.84. The highest BCUT2D eigenvalue weighted by Gasteiger charge is 2.17. The van der Waals surface area contributed by atoms with E-state index in [0.717, 1.165) is 5.56 Å². The van der Waals surface area contributed by atoms with Gasteiger partial charge < -0.3 is 9.47 Å². The zero-order valence-electron chi connectivity index (χ0n) is 11.1. The normalized spacial score (nSPS) is 10.1. The average molecular weight is 257 g/mol. The molecule has 1 aromatic heterocycles. The molecule has 4 nitrogen and oxygen atoms in total. The number of carbonyl (C=O) groups is 1. The summed E-state index contributed by atoms with van der Waals surface area (Å²) in [5.41, 5.74) is 1.91. The number of methoxy groups -OCH3 is 2. The minimum atomic E-state index is -0.124. The van der Waals surface area contributed by atoms with Crippen LogP contribution in [0.15, 0.2) is 36.7 Å². The summed E-state index contributed by atoms with van der Waals surface area (Å²) in [6, 6.07) is 6.96. The highest BCUT2D eigenvalue weighted by molar-refractivity contribution is 6.11. The van der Waals surface area contributed by atoms with Crippen molar-refractivity contribution < 1.29 is 14.3 Å². The Morgan fingerprint density at radius 2 is 1.89 bits per heavy atom. The van der Waals surface area contributed by atoms with Crippen molar-refractivity contribution >= 4 is 5.78 Å². The fourth-order valence-electron chi connectivity index (χ4n) is 1.84. The third-order valence-corrected chi connectivity index (χ3v) is 2.93. The summed E-state index contributed by atoms with van der Waals surface area (Å²) >= 11 is 0. The summed E-state index contributed by atoms with van der Waals surface area (Å²) in [6.07, 6.45) is 3.23. The van der Waals surface area contributed by atoms with Crippen LogP contribution < -0.4 is 9.47 Å². The van der Waals surface area contributed by atoms with E-state index >= 15 is 0 Å². The van der Waals surface area contributed by atoms with Crippen molar-refractivity contribution in [3.05, 3.63) is 53.3 Å². The third kappa shape index (κ3) is 2.57. The quantitative estimate of drug-likeness (QED) is 0.790. The Labute approximate surface area is 112 Å². The largest absolute Gasteiger partial charge is 0.497 e. The number of ether oxygens (including phenoxy) is 2. The smallest absolute Gasteiger partial charge is 0.198 e. The number of carbonyl (C=O) groups excluding carboxylic acids is 1. The van der Waals surface area contributed by atoms with Crippen molar-refractivity contribution in [3.8, 4) is 11.5 Å². The maximum absolute atomic E-state index is 12.5. The Kier molecular flexibility index (Phi) is 3.80. The number of nitrogens with zero attached hydrogens (tertiary/aromatic N) is 1. The summed E-state index contributed by atoms with van der Waals surface area (Å²) in [5.74, 6) is 1.01. The van der Waals surface area contributed by atoms with Crippen molar-refractivity contribution in [2.24, 2.45) is 0 Å². The van der Waals surface area contributed by atoms with Crippen molar-refractivity contribution in [2.45, 2.75) is 6.92 Å². The topological polar surface area (TPSA) is 48.4 Å². The standard InChI is InChI=1S/C15H15NO3/c1-10-6-7-16-9-13(10)15(17)12-8-11(18-2)4-5-14(12)19-3/h4-9H,1-3H3. The first-order chi connectivity index (χ1) is 9.17. The summed E-state index contributed by atoms with van der Waals surface area (Å²) in [6.45, 7) is 1.88. The second kappa shape index (κ2) is 5.52. The molecular formula is C15H15NO3. The minimum Gasteiger partial charge on any atom is -0.497 e. The molecule has 0 aliphatic carbocycles. The maximum atomic E-state index is 12.5. The van der Waals surface area contributed by atoms with Gasteiger partial charge in [-0.15, -0.1) is 0 Å². The molecule has 4 heteroatoms. The monoisotopic (exact) mass is 257 g/mol. The van der Waals surface area contributed by atoms with Gasteiger partial charge >= 0.3 is 0 Å². The van der Waals surface area contributed by atoms with Gasteiger partial charge in [-0.05, 0) is 36.8 Å². The Morgan fingerprint density at radius 3 is 2.53 bits per heavy atom. The molecule has 0 radical (unpaired) electrons. The van der Waals surface area contributed by atoms with Gasteiger partial charge in [0.2, 0.25) is 0 Å². The zero-order chi connectivity index (χ0) is 13.8.